The fourth-order valence-electron chi connectivity index (χ4n) is 1.87. The van der Waals surface area contributed by atoms with Crippen LogP contribution in [0, 0.1) is 0 Å². The molecule has 20 heavy (non-hydrogen) atoms. The molecule has 0 saturated carbocycles. The minimum atomic E-state index is -1.02. The summed E-state index contributed by atoms with van der Waals surface area (Å²) in [5.41, 5.74) is 0.384. The molecule has 0 bridgehead atoms. The van der Waals surface area contributed by atoms with Crippen molar-refractivity contribution in [2.45, 2.75) is 19.4 Å². The van der Waals surface area contributed by atoms with Crippen LogP contribution in [-0.2, 0) is 4.79 Å². The standard InChI is InChI=1S/C14H19NO5/c1-4-15-10(8-13(16)17)14(18)9-5-6-11(19-2)12(7-9)20-3/h5-7,10,15H,4,8H2,1-3H3,(H,16,17). The van der Waals surface area contributed by atoms with E-state index in [1.54, 1.807) is 18.2 Å². The molecule has 6 nitrogen and oxygen atoms in total. The van der Waals surface area contributed by atoms with Crippen molar-refractivity contribution in [2.24, 2.45) is 0 Å². The van der Waals surface area contributed by atoms with Gasteiger partial charge in [0.05, 0.1) is 26.7 Å². The van der Waals surface area contributed by atoms with Gasteiger partial charge < -0.3 is 19.9 Å². The first kappa shape index (κ1) is 16.0. The van der Waals surface area contributed by atoms with Crippen molar-refractivity contribution in [3.05, 3.63) is 23.8 Å². The normalized spacial score (nSPS) is 11.8. The fourth-order valence-corrected chi connectivity index (χ4v) is 1.87. The van der Waals surface area contributed by atoms with Crippen LogP contribution in [0.1, 0.15) is 23.7 Å². The van der Waals surface area contributed by atoms with Gasteiger partial charge in [-0.2, -0.15) is 0 Å². The van der Waals surface area contributed by atoms with E-state index < -0.39 is 12.0 Å². The van der Waals surface area contributed by atoms with Crippen LogP contribution in [0.25, 0.3) is 0 Å². The molecule has 0 aliphatic carbocycles. The van der Waals surface area contributed by atoms with Gasteiger partial charge in [0, 0.05) is 5.56 Å². The molecule has 110 valence electrons. The van der Waals surface area contributed by atoms with Crippen molar-refractivity contribution in [1.82, 2.24) is 5.32 Å². The van der Waals surface area contributed by atoms with Gasteiger partial charge in [-0.3, -0.25) is 9.59 Å². The summed E-state index contributed by atoms with van der Waals surface area (Å²) >= 11 is 0. The van der Waals surface area contributed by atoms with Crippen molar-refractivity contribution in [2.75, 3.05) is 20.8 Å². The maximum Gasteiger partial charge on any atom is 0.305 e. The summed E-state index contributed by atoms with van der Waals surface area (Å²) in [5.74, 6) is -0.355. The minimum Gasteiger partial charge on any atom is -0.493 e. The Balaban J connectivity index is 3.01. The Kier molecular flexibility index (Phi) is 5.99. The first-order valence-corrected chi connectivity index (χ1v) is 6.24. The van der Waals surface area contributed by atoms with E-state index in [4.69, 9.17) is 14.6 Å². The van der Waals surface area contributed by atoms with Gasteiger partial charge in [0.15, 0.2) is 17.3 Å². The number of aliphatic carboxylic acids is 1. The number of carboxylic acids is 1. The number of carbonyl (C=O) groups excluding carboxylic acids is 1. The molecule has 1 aromatic rings. The highest BCUT2D eigenvalue weighted by atomic mass is 16.5. The van der Waals surface area contributed by atoms with Gasteiger partial charge in [-0.05, 0) is 24.7 Å². The Bertz CT molecular complexity index is 486. The van der Waals surface area contributed by atoms with Gasteiger partial charge in [-0.25, -0.2) is 0 Å². The maximum atomic E-state index is 12.3. The maximum absolute atomic E-state index is 12.3. The van der Waals surface area contributed by atoms with E-state index in [1.165, 1.54) is 14.2 Å². The number of hydrogen-bond acceptors (Lipinski definition) is 5. The molecule has 0 amide bonds. The predicted octanol–water partition coefficient (Wildman–Crippen LogP) is 1.34. The van der Waals surface area contributed by atoms with Crippen molar-refractivity contribution < 1.29 is 24.2 Å². The van der Waals surface area contributed by atoms with Crippen molar-refractivity contribution in [1.29, 1.82) is 0 Å². The third-order valence-electron chi connectivity index (χ3n) is 2.81. The Morgan fingerprint density at radius 2 is 1.90 bits per heavy atom. The lowest BCUT2D eigenvalue weighted by Crippen LogP contribution is -2.38. The Labute approximate surface area is 117 Å². The minimum absolute atomic E-state index is 0.263. The molecule has 2 N–H and O–H groups in total. The van der Waals surface area contributed by atoms with E-state index in [9.17, 15) is 9.59 Å². The number of benzene rings is 1. The van der Waals surface area contributed by atoms with Gasteiger partial charge in [0.25, 0.3) is 0 Å². The molecule has 0 aromatic heterocycles. The Morgan fingerprint density at radius 3 is 2.40 bits per heavy atom. The number of methoxy groups -OCH3 is 2. The summed E-state index contributed by atoms with van der Waals surface area (Å²) in [4.78, 5) is 23.1. The molecule has 1 rings (SSSR count). The lowest BCUT2D eigenvalue weighted by molar-refractivity contribution is -0.137. The van der Waals surface area contributed by atoms with E-state index >= 15 is 0 Å². The summed E-state index contributed by atoms with van der Waals surface area (Å²) in [6.07, 6.45) is -0.263. The van der Waals surface area contributed by atoms with Crippen LogP contribution in [0.15, 0.2) is 18.2 Å². The number of hydrogen-bond donors (Lipinski definition) is 2. The SMILES string of the molecule is CCNC(CC(=O)O)C(=O)c1ccc(OC)c(OC)c1. The van der Waals surface area contributed by atoms with Crippen LogP contribution in [0.4, 0.5) is 0 Å². The predicted molar refractivity (Wildman–Crippen MR) is 73.6 cm³/mol. The summed E-state index contributed by atoms with van der Waals surface area (Å²) in [6.45, 7) is 2.33. The van der Waals surface area contributed by atoms with Gasteiger partial charge in [-0.1, -0.05) is 6.92 Å². The zero-order chi connectivity index (χ0) is 15.1. The molecule has 6 heteroatoms. The van der Waals surface area contributed by atoms with E-state index in [0.717, 1.165) is 0 Å². The largest absolute Gasteiger partial charge is 0.493 e. The fraction of sp³-hybridized carbons (Fsp3) is 0.429. The molecule has 1 aromatic carbocycles. The van der Waals surface area contributed by atoms with Gasteiger partial charge in [-0.15, -0.1) is 0 Å². The first-order valence-electron chi connectivity index (χ1n) is 6.24. The highest BCUT2D eigenvalue weighted by Crippen LogP contribution is 2.28. The zero-order valence-electron chi connectivity index (χ0n) is 11.8. The Morgan fingerprint density at radius 1 is 1.25 bits per heavy atom. The molecule has 0 heterocycles. The summed E-state index contributed by atoms with van der Waals surface area (Å²) in [6, 6.07) is 4.01. The third-order valence-corrected chi connectivity index (χ3v) is 2.81. The van der Waals surface area contributed by atoms with Crippen LogP contribution in [0.2, 0.25) is 0 Å². The molecule has 0 aliphatic heterocycles. The van der Waals surface area contributed by atoms with Crippen LogP contribution in [0.3, 0.4) is 0 Å². The molecule has 0 radical (unpaired) electrons. The molecular formula is C14H19NO5. The van der Waals surface area contributed by atoms with E-state index in [-0.39, 0.29) is 12.2 Å². The summed E-state index contributed by atoms with van der Waals surface area (Å²) < 4.78 is 10.2. The number of nitrogens with one attached hydrogen (secondary N) is 1. The lowest BCUT2D eigenvalue weighted by atomic mass is 10.0. The van der Waals surface area contributed by atoms with Crippen LogP contribution < -0.4 is 14.8 Å². The number of ketones is 1. The van der Waals surface area contributed by atoms with Crippen molar-refractivity contribution in [3.63, 3.8) is 0 Å². The number of carboxylic acid groups (broad SMARTS) is 1. The average molecular weight is 281 g/mol. The summed E-state index contributed by atoms with van der Waals surface area (Å²) in [5, 5.41) is 11.7. The molecule has 1 atom stereocenters. The Hall–Kier alpha value is -2.08. The van der Waals surface area contributed by atoms with Gasteiger partial charge in [0.2, 0.25) is 0 Å². The number of likely N-dealkylation sites (N-methyl/N-ethyl adjacent to an activating group) is 1. The van der Waals surface area contributed by atoms with E-state index in [1.807, 2.05) is 6.92 Å². The lowest BCUT2D eigenvalue weighted by Gasteiger charge is -2.15. The molecule has 0 spiro atoms. The van der Waals surface area contributed by atoms with Crippen molar-refractivity contribution >= 4 is 11.8 Å². The smallest absolute Gasteiger partial charge is 0.305 e. The zero-order valence-corrected chi connectivity index (χ0v) is 11.8. The average Bonchev–Trinajstić information content (AvgIpc) is 2.44. The second-order valence-corrected chi connectivity index (χ2v) is 4.14. The molecule has 1 unspecified atom stereocenters. The number of rotatable bonds is 8. The van der Waals surface area contributed by atoms with Gasteiger partial charge >= 0.3 is 5.97 Å². The highest BCUT2D eigenvalue weighted by molar-refractivity contribution is 6.02. The molecule has 0 aliphatic rings. The van der Waals surface area contributed by atoms with Crippen molar-refractivity contribution in [3.8, 4) is 11.5 Å². The van der Waals surface area contributed by atoms with Crippen LogP contribution >= 0.6 is 0 Å². The van der Waals surface area contributed by atoms with E-state index in [2.05, 4.69) is 5.32 Å². The number of carbonyl (C=O) groups is 2. The van der Waals surface area contributed by atoms with Crippen LogP contribution in [0.5, 0.6) is 11.5 Å². The number of ether oxygens (including phenoxy) is 2. The van der Waals surface area contributed by atoms with E-state index in [0.29, 0.717) is 23.6 Å². The second kappa shape index (κ2) is 7.49. The molecular weight excluding hydrogens is 262 g/mol. The molecule has 0 fully saturated rings. The quantitative estimate of drug-likeness (QED) is 0.699. The second-order valence-electron chi connectivity index (χ2n) is 4.14. The first-order chi connectivity index (χ1) is 9.53. The monoisotopic (exact) mass is 281 g/mol. The highest BCUT2D eigenvalue weighted by Gasteiger charge is 2.23. The van der Waals surface area contributed by atoms with Gasteiger partial charge in [0.1, 0.15) is 0 Å². The van der Waals surface area contributed by atoms with Crippen LogP contribution in [-0.4, -0.2) is 43.7 Å². The topological polar surface area (TPSA) is 84.9 Å². The third kappa shape index (κ3) is 3.96. The molecule has 0 saturated heterocycles. The summed E-state index contributed by atoms with van der Waals surface area (Å²) in [7, 11) is 2.98. The number of Topliss-reactive ketones (excluding diaryl/α,β-unsaturated/α-hetero) is 1.